The second-order valence-electron chi connectivity index (χ2n) is 2.60. The average Bonchev–Trinajstić information content (AvgIpc) is 2.47. The Balaban J connectivity index is 2.78. The van der Waals surface area contributed by atoms with Crippen LogP contribution >= 0.6 is 15.9 Å². The number of nitrogens with zero attached hydrogens (tertiary/aromatic N) is 1. The summed E-state index contributed by atoms with van der Waals surface area (Å²) in [5, 5.41) is 0. The van der Waals surface area contributed by atoms with Crippen molar-refractivity contribution in [3.05, 3.63) is 16.6 Å². The van der Waals surface area contributed by atoms with Gasteiger partial charge in [0.25, 0.3) is 0 Å². The molecule has 5 heteroatoms. The van der Waals surface area contributed by atoms with Gasteiger partial charge in [-0.1, -0.05) is 0 Å². The molecule has 0 saturated carbocycles. The lowest BCUT2D eigenvalue weighted by atomic mass is 10.3. The van der Waals surface area contributed by atoms with Gasteiger partial charge in [-0.05, 0) is 28.1 Å². The number of aromatic nitrogens is 2. The number of H-pyrrole nitrogens is 1. The first-order chi connectivity index (χ1) is 6.22. The molecule has 0 atom stereocenters. The van der Waals surface area contributed by atoms with E-state index in [2.05, 4.69) is 25.9 Å². The summed E-state index contributed by atoms with van der Waals surface area (Å²) in [6, 6.07) is 3.73. The number of ether oxygens (including phenoxy) is 1. The van der Waals surface area contributed by atoms with E-state index in [1.54, 1.807) is 7.11 Å². The van der Waals surface area contributed by atoms with Crippen LogP contribution < -0.4 is 10.5 Å². The van der Waals surface area contributed by atoms with Crippen LogP contribution in [0.25, 0.3) is 11.0 Å². The molecule has 0 unspecified atom stereocenters. The number of hydrogen-bond acceptors (Lipinski definition) is 3. The highest BCUT2D eigenvalue weighted by Crippen LogP contribution is 2.31. The van der Waals surface area contributed by atoms with Gasteiger partial charge in [-0.15, -0.1) is 0 Å². The van der Waals surface area contributed by atoms with Crippen LogP contribution in [0.1, 0.15) is 0 Å². The van der Waals surface area contributed by atoms with Crippen molar-refractivity contribution in [1.29, 1.82) is 0 Å². The normalized spacial score (nSPS) is 10.6. The van der Waals surface area contributed by atoms with Crippen molar-refractivity contribution in [2.75, 3.05) is 12.8 Å². The van der Waals surface area contributed by atoms with Gasteiger partial charge in [0.15, 0.2) is 5.95 Å². The molecule has 0 saturated heterocycles. The molecule has 68 valence electrons. The van der Waals surface area contributed by atoms with Crippen molar-refractivity contribution in [2.45, 2.75) is 0 Å². The van der Waals surface area contributed by atoms with Gasteiger partial charge in [0.2, 0.25) is 0 Å². The molecule has 0 spiro atoms. The second kappa shape index (κ2) is 2.92. The fourth-order valence-corrected chi connectivity index (χ4v) is 1.80. The summed E-state index contributed by atoms with van der Waals surface area (Å²) >= 11 is 3.39. The summed E-state index contributed by atoms with van der Waals surface area (Å²) in [7, 11) is 1.61. The van der Waals surface area contributed by atoms with Crippen LogP contribution in [0.2, 0.25) is 0 Å². The molecule has 0 aliphatic heterocycles. The zero-order chi connectivity index (χ0) is 9.42. The first kappa shape index (κ1) is 8.37. The van der Waals surface area contributed by atoms with E-state index in [-0.39, 0.29) is 0 Å². The lowest BCUT2D eigenvalue weighted by Crippen LogP contribution is -1.85. The molecule has 4 nitrogen and oxygen atoms in total. The molecule has 1 aromatic carbocycles. The highest BCUT2D eigenvalue weighted by Gasteiger charge is 2.08. The summed E-state index contributed by atoms with van der Waals surface area (Å²) in [6.07, 6.45) is 0. The third kappa shape index (κ3) is 1.25. The molecule has 1 heterocycles. The number of rotatable bonds is 1. The lowest BCUT2D eigenvalue weighted by molar-refractivity contribution is 0.413. The topological polar surface area (TPSA) is 63.9 Å². The lowest BCUT2D eigenvalue weighted by Gasteiger charge is -2.01. The minimum absolute atomic E-state index is 0.406. The van der Waals surface area contributed by atoms with Crippen LogP contribution in [-0.2, 0) is 0 Å². The van der Waals surface area contributed by atoms with Crippen LogP contribution in [0.5, 0.6) is 5.75 Å². The number of halogens is 1. The maximum Gasteiger partial charge on any atom is 0.198 e. The van der Waals surface area contributed by atoms with Gasteiger partial charge < -0.3 is 15.5 Å². The third-order valence-electron chi connectivity index (χ3n) is 1.80. The SMILES string of the molecule is COc1ccc2[nH]c(N)nc2c1Br. The molecule has 0 amide bonds. The molecule has 0 fully saturated rings. The third-order valence-corrected chi connectivity index (χ3v) is 2.56. The molecule has 2 rings (SSSR count). The quantitative estimate of drug-likeness (QED) is 0.802. The van der Waals surface area contributed by atoms with Crippen molar-refractivity contribution in [3.8, 4) is 5.75 Å². The number of anilines is 1. The largest absolute Gasteiger partial charge is 0.495 e. The molecule has 0 aliphatic carbocycles. The van der Waals surface area contributed by atoms with Gasteiger partial charge in [0, 0.05) is 0 Å². The van der Waals surface area contributed by atoms with Crippen molar-refractivity contribution in [2.24, 2.45) is 0 Å². The molecular formula is C8H8BrN3O. The Morgan fingerprint density at radius 3 is 3.00 bits per heavy atom. The van der Waals surface area contributed by atoms with E-state index in [1.165, 1.54) is 0 Å². The Morgan fingerprint density at radius 1 is 1.54 bits per heavy atom. The van der Waals surface area contributed by atoms with Crippen molar-refractivity contribution in [3.63, 3.8) is 0 Å². The van der Waals surface area contributed by atoms with Gasteiger partial charge in [0.05, 0.1) is 17.1 Å². The number of methoxy groups -OCH3 is 1. The van der Waals surface area contributed by atoms with E-state index in [4.69, 9.17) is 10.5 Å². The summed E-state index contributed by atoms with van der Waals surface area (Å²) < 4.78 is 5.94. The van der Waals surface area contributed by atoms with Gasteiger partial charge in [0.1, 0.15) is 11.3 Å². The summed E-state index contributed by atoms with van der Waals surface area (Å²) in [6.45, 7) is 0. The van der Waals surface area contributed by atoms with Crippen LogP contribution in [0.3, 0.4) is 0 Å². The highest BCUT2D eigenvalue weighted by molar-refractivity contribution is 9.10. The van der Waals surface area contributed by atoms with E-state index in [1.807, 2.05) is 12.1 Å². The van der Waals surface area contributed by atoms with E-state index in [0.717, 1.165) is 21.3 Å². The average molecular weight is 242 g/mol. The van der Waals surface area contributed by atoms with E-state index in [0.29, 0.717) is 5.95 Å². The highest BCUT2D eigenvalue weighted by atomic mass is 79.9. The van der Waals surface area contributed by atoms with Crippen LogP contribution in [0.15, 0.2) is 16.6 Å². The summed E-state index contributed by atoms with van der Waals surface area (Å²) in [5.74, 6) is 1.16. The first-order valence-electron chi connectivity index (χ1n) is 3.70. The summed E-state index contributed by atoms with van der Waals surface area (Å²) in [5.41, 5.74) is 7.21. The van der Waals surface area contributed by atoms with Gasteiger partial charge in [-0.2, -0.15) is 0 Å². The Labute approximate surface area is 83.2 Å². The molecular weight excluding hydrogens is 234 g/mol. The number of fused-ring (bicyclic) bond motifs is 1. The maximum atomic E-state index is 5.52. The number of imidazole rings is 1. The number of nitrogen functional groups attached to an aromatic ring is 1. The number of aromatic amines is 1. The van der Waals surface area contributed by atoms with Gasteiger partial charge in [-0.3, -0.25) is 0 Å². The van der Waals surface area contributed by atoms with E-state index >= 15 is 0 Å². The Kier molecular flexibility index (Phi) is 1.88. The first-order valence-corrected chi connectivity index (χ1v) is 4.49. The van der Waals surface area contributed by atoms with Crippen LogP contribution in [0, 0.1) is 0 Å². The number of nitrogens with two attached hydrogens (primary N) is 1. The molecule has 0 radical (unpaired) electrons. The minimum atomic E-state index is 0.406. The number of hydrogen-bond donors (Lipinski definition) is 2. The Hall–Kier alpha value is -1.23. The Morgan fingerprint density at radius 2 is 2.31 bits per heavy atom. The summed E-state index contributed by atoms with van der Waals surface area (Å²) in [4.78, 5) is 7.05. The van der Waals surface area contributed by atoms with Crippen molar-refractivity contribution >= 4 is 32.9 Å². The molecule has 13 heavy (non-hydrogen) atoms. The molecule has 0 bridgehead atoms. The zero-order valence-corrected chi connectivity index (χ0v) is 8.55. The standard InChI is InChI=1S/C8H8BrN3O/c1-13-5-3-2-4-7(6(5)9)12-8(10)11-4/h2-3H,1H3,(H3,10,11,12). The zero-order valence-electron chi connectivity index (χ0n) is 6.97. The van der Waals surface area contributed by atoms with Gasteiger partial charge >= 0.3 is 0 Å². The van der Waals surface area contributed by atoms with Crippen LogP contribution in [0.4, 0.5) is 5.95 Å². The number of nitrogens with one attached hydrogen (secondary N) is 1. The predicted octanol–water partition coefficient (Wildman–Crippen LogP) is 1.92. The molecule has 0 aliphatic rings. The van der Waals surface area contributed by atoms with Crippen molar-refractivity contribution in [1.82, 2.24) is 9.97 Å². The molecule has 2 aromatic rings. The van der Waals surface area contributed by atoms with E-state index < -0.39 is 0 Å². The molecule has 3 N–H and O–H groups in total. The van der Waals surface area contributed by atoms with Crippen molar-refractivity contribution < 1.29 is 4.74 Å². The number of benzene rings is 1. The minimum Gasteiger partial charge on any atom is -0.495 e. The monoisotopic (exact) mass is 241 g/mol. The second-order valence-corrected chi connectivity index (χ2v) is 3.39. The fraction of sp³-hybridized carbons (Fsp3) is 0.125. The Bertz CT molecular complexity index is 452. The van der Waals surface area contributed by atoms with E-state index in [9.17, 15) is 0 Å². The smallest absolute Gasteiger partial charge is 0.198 e. The van der Waals surface area contributed by atoms with Gasteiger partial charge in [-0.25, -0.2) is 4.98 Å². The fourth-order valence-electron chi connectivity index (χ4n) is 1.20. The molecule has 1 aromatic heterocycles. The van der Waals surface area contributed by atoms with Crippen LogP contribution in [-0.4, -0.2) is 17.1 Å². The predicted molar refractivity (Wildman–Crippen MR) is 54.8 cm³/mol. The maximum absolute atomic E-state index is 5.52.